The van der Waals surface area contributed by atoms with Crippen LogP contribution in [-0.4, -0.2) is 41.2 Å². The van der Waals surface area contributed by atoms with E-state index < -0.39 is 6.04 Å². The Morgan fingerprint density at radius 2 is 1.67 bits per heavy atom. The third-order valence-corrected chi connectivity index (χ3v) is 7.00. The molecule has 0 fully saturated rings. The molecule has 0 aromatic heterocycles. The Balaban J connectivity index is 1.47. The molecule has 1 heterocycles. The van der Waals surface area contributed by atoms with Crippen molar-refractivity contribution >= 4 is 34.2 Å². The van der Waals surface area contributed by atoms with Crippen molar-refractivity contribution in [3.8, 4) is 0 Å². The number of anilines is 1. The predicted octanol–water partition coefficient (Wildman–Crippen LogP) is 5.30. The van der Waals surface area contributed by atoms with E-state index in [-0.39, 0.29) is 30.2 Å². The van der Waals surface area contributed by atoms with E-state index in [9.17, 15) is 14.4 Å². The molecule has 0 unspecified atom stereocenters. The second kappa shape index (κ2) is 11.4. The lowest BCUT2D eigenvalue weighted by molar-refractivity contribution is -0.141. The minimum absolute atomic E-state index is 0.0187. The lowest BCUT2D eigenvalue weighted by Crippen LogP contribution is -2.50. The SMILES string of the molecule is CC[C@@H](C)NC(=O)[C@@H](CC)N(Cc1ccccc1)C(=O)CCCN1C(=O)c2cccc3cccc1c23. The molecule has 3 aromatic rings. The van der Waals surface area contributed by atoms with Crippen LogP contribution in [0.2, 0.25) is 0 Å². The van der Waals surface area contributed by atoms with Gasteiger partial charge in [-0.15, -0.1) is 0 Å². The molecule has 0 saturated heterocycles. The van der Waals surface area contributed by atoms with Crippen molar-refractivity contribution in [3.63, 3.8) is 0 Å². The van der Waals surface area contributed by atoms with Crippen LogP contribution in [0.25, 0.3) is 10.8 Å². The van der Waals surface area contributed by atoms with E-state index in [1.165, 1.54) is 0 Å². The number of nitrogens with one attached hydrogen (secondary N) is 1. The normalized spacial score (nSPS) is 14.1. The van der Waals surface area contributed by atoms with Gasteiger partial charge >= 0.3 is 0 Å². The molecule has 1 aliphatic heterocycles. The van der Waals surface area contributed by atoms with Crippen LogP contribution in [0.4, 0.5) is 5.69 Å². The summed E-state index contributed by atoms with van der Waals surface area (Å²) in [5.41, 5.74) is 2.60. The second-order valence-electron chi connectivity index (χ2n) is 9.49. The maximum Gasteiger partial charge on any atom is 0.258 e. The molecule has 1 N–H and O–H groups in total. The molecule has 6 nitrogen and oxygen atoms in total. The first-order valence-electron chi connectivity index (χ1n) is 12.9. The number of amides is 3. The Morgan fingerprint density at radius 1 is 0.944 bits per heavy atom. The first-order chi connectivity index (χ1) is 17.4. The average molecular weight is 486 g/mol. The van der Waals surface area contributed by atoms with Gasteiger partial charge in [0.15, 0.2) is 0 Å². The summed E-state index contributed by atoms with van der Waals surface area (Å²) in [6.07, 6.45) is 2.14. The second-order valence-corrected chi connectivity index (χ2v) is 9.49. The van der Waals surface area contributed by atoms with Crippen LogP contribution in [0, 0.1) is 0 Å². The van der Waals surface area contributed by atoms with Crippen LogP contribution in [0.5, 0.6) is 0 Å². The molecule has 0 aliphatic carbocycles. The summed E-state index contributed by atoms with van der Waals surface area (Å²) in [6, 6.07) is 21.0. The minimum Gasteiger partial charge on any atom is -0.352 e. The lowest BCUT2D eigenvalue weighted by Gasteiger charge is -2.31. The number of hydrogen-bond donors (Lipinski definition) is 1. The summed E-state index contributed by atoms with van der Waals surface area (Å²) >= 11 is 0. The molecule has 3 aromatic carbocycles. The summed E-state index contributed by atoms with van der Waals surface area (Å²) in [4.78, 5) is 43.2. The summed E-state index contributed by atoms with van der Waals surface area (Å²) < 4.78 is 0. The Morgan fingerprint density at radius 3 is 2.36 bits per heavy atom. The molecule has 3 amide bonds. The first kappa shape index (κ1) is 25.4. The standard InChI is InChI=1S/C30H35N3O3/c1-4-21(3)31-29(35)25(5-2)33(20-22-12-7-6-8-13-22)27(34)18-11-19-32-26-17-10-15-23-14-9-16-24(28(23)26)30(32)36/h6-10,12-17,21,25H,4-5,11,18-20H2,1-3H3,(H,31,35)/t21-,25-/m1/s1. The molecule has 2 atom stereocenters. The number of hydrogen-bond acceptors (Lipinski definition) is 3. The highest BCUT2D eigenvalue weighted by Gasteiger charge is 2.31. The van der Waals surface area contributed by atoms with E-state index in [0.717, 1.165) is 28.4 Å². The number of benzene rings is 3. The van der Waals surface area contributed by atoms with Crippen molar-refractivity contribution in [1.82, 2.24) is 10.2 Å². The fourth-order valence-corrected chi connectivity index (χ4v) is 4.87. The van der Waals surface area contributed by atoms with Gasteiger partial charge in [-0.3, -0.25) is 14.4 Å². The van der Waals surface area contributed by atoms with Crippen molar-refractivity contribution in [2.75, 3.05) is 11.4 Å². The zero-order valence-electron chi connectivity index (χ0n) is 21.4. The molecule has 6 heteroatoms. The molecular formula is C30H35N3O3. The van der Waals surface area contributed by atoms with Crippen LogP contribution in [-0.2, 0) is 16.1 Å². The quantitative estimate of drug-likeness (QED) is 0.401. The highest BCUT2D eigenvalue weighted by atomic mass is 16.2. The first-order valence-corrected chi connectivity index (χ1v) is 12.9. The van der Waals surface area contributed by atoms with E-state index in [2.05, 4.69) is 5.32 Å². The van der Waals surface area contributed by atoms with Gasteiger partial charge in [0.2, 0.25) is 11.8 Å². The van der Waals surface area contributed by atoms with Gasteiger partial charge in [-0.1, -0.05) is 68.4 Å². The largest absolute Gasteiger partial charge is 0.352 e. The van der Waals surface area contributed by atoms with Crippen LogP contribution < -0.4 is 10.2 Å². The van der Waals surface area contributed by atoms with E-state index in [0.29, 0.717) is 31.5 Å². The van der Waals surface area contributed by atoms with Gasteiger partial charge in [0.25, 0.3) is 5.91 Å². The van der Waals surface area contributed by atoms with Crippen LogP contribution in [0.1, 0.15) is 62.4 Å². The zero-order valence-corrected chi connectivity index (χ0v) is 21.4. The van der Waals surface area contributed by atoms with Gasteiger partial charge in [0.1, 0.15) is 6.04 Å². The fourth-order valence-electron chi connectivity index (χ4n) is 4.87. The van der Waals surface area contributed by atoms with Crippen LogP contribution in [0.3, 0.4) is 0 Å². The summed E-state index contributed by atoms with van der Waals surface area (Å²) in [5, 5.41) is 5.07. The van der Waals surface area contributed by atoms with Gasteiger partial charge in [0, 0.05) is 36.5 Å². The van der Waals surface area contributed by atoms with Crippen LogP contribution in [0.15, 0.2) is 66.7 Å². The van der Waals surface area contributed by atoms with Gasteiger partial charge in [-0.25, -0.2) is 0 Å². The van der Waals surface area contributed by atoms with Crippen LogP contribution >= 0.6 is 0 Å². The van der Waals surface area contributed by atoms with Crippen molar-refractivity contribution in [3.05, 3.63) is 77.9 Å². The molecule has 0 spiro atoms. The third-order valence-electron chi connectivity index (χ3n) is 7.00. The van der Waals surface area contributed by atoms with Crippen molar-refractivity contribution < 1.29 is 14.4 Å². The Kier molecular flexibility index (Phi) is 8.04. The number of carbonyl (C=O) groups is 3. The molecule has 1 aliphatic rings. The summed E-state index contributed by atoms with van der Waals surface area (Å²) in [6.45, 7) is 6.76. The smallest absolute Gasteiger partial charge is 0.258 e. The van der Waals surface area contributed by atoms with E-state index in [1.54, 1.807) is 9.80 Å². The molecule has 0 saturated carbocycles. The van der Waals surface area contributed by atoms with Crippen molar-refractivity contribution in [2.24, 2.45) is 0 Å². The Bertz CT molecular complexity index is 1240. The molecule has 0 bridgehead atoms. The fraction of sp³-hybridized carbons (Fsp3) is 0.367. The topological polar surface area (TPSA) is 69.7 Å². The summed E-state index contributed by atoms with van der Waals surface area (Å²) in [5.74, 6) is -0.213. The van der Waals surface area contributed by atoms with Gasteiger partial charge in [-0.05, 0) is 49.3 Å². The molecule has 36 heavy (non-hydrogen) atoms. The van der Waals surface area contributed by atoms with Gasteiger partial charge in [-0.2, -0.15) is 0 Å². The predicted molar refractivity (Wildman–Crippen MR) is 144 cm³/mol. The van der Waals surface area contributed by atoms with Crippen molar-refractivity contribution in [1.29, 1.82) is 0 Å². The maximum absolute atomic E-state index is 13.5. The monoisotopic (exact) mass is 485 g/mol. The van der Waals surface area contributed by atoms with E-state index in [4.69, 9.17) is 0 Å². The highest BCUT2D eigenvalue weighted by Crippen LogP contribution is 2.37. The van der Waals surface area contributed by atoms with Crippen molar-refractivity contribution in [2.45, 2.75) is 65.1 Å². The Labute approximate surface area is 213 Å². The average Bonchev–Trinajstić information content (AvgIpc) is 3.17. The van der Waals surface area contributed by atoms with Gasteiger partial charge in [0.05, 0.1) is 5.69 Å². The minimum atomic E-state index is -0.543. The summed E-state index contributed by atoms with van der Waals surface area (Å²) in [7, 11) is 0. The number of nitrogens with zero attached hydrogens (tertiary/aromatic N) is 2. The highest BCUT2D eigenvalue weighted by molar-refractivity contribution is 6.25. The Hall–Kier alpha value is -3.67. The number of rotatable bonds is 11. The molecular weight excluding hydrogens is 450 g/mol. The number of carbonyl (C=O) groups excluding carboxylic acids is 3. The molecule has 4 rings (SSSR count). The lowest BCUT2D eigenvalue weighted by atomic mass is 10.1. The van der Waals surface area contributed by atoms with E-state index >= 15 is 0 Å². The van der Waals surface area contributed by atoms with E-state index in [1.807, 2.05) is 87.5 Å². The molecule has 188 valence electrons. The maximum atomic E-state index is 13.5. The zero-order chi connectivity index (χ0) is 25.7. The van der Waals surface area contributed by atoms with Gasteiger partial charge < -0.3 is 15.1 Å². The molecule has 0 radical (unpaired) electrons. The third kappa shape index (κ3) is 5.27.